The van der Waals surface area contributed by atoms with Gasteiger partial charge in [-0.15, -0.1) is 0 Å². The molecule has 0 radical (unpaired) electrons. The van der Waals surface area contributed by atoms with Gasteiger partial charge in [0, 0.05) is 26.2 Å². The summed E-state index contributed by atoms with van der Waals surface area (Å²) in [5, 5.41) is 23.1. The second-order valence-electron chi connectivity index (χ2n) is 4.70. The first-order valence-electron chi connectivity index (χ1n) is 6.51. The van der Waals surface area contributed by atoms with Gasteiger partial charge in [-0.2, -0.15) is 16.8 Å². The van der Waals surface area contributed by atoms with Crippen LogP contribution in [0.3, 0.4) is 0 Å². The van der Waals surface area contributed by atoms with Gasteiger partial charge < -0.3 is 20.8 Å². The molecule has 1 heterocycles. The van der Waals surface area contributed by atoms with E-state index in [1.54, 1.807) is 0 Å². The van der Waals surface area contributed by atoms with E-state index in [9.17, 15) is 16.8 Å². The normalized spacial score (nSPS) is 18.1. The zero-order chi connectivity index (χ0) is 17.8. The van der Waals surface area contributed by atoms with Gasteiger partial charge in [0.05, 0.1) is 12.2 Å². The quantitative estimate of drug-likeness (QED) is 0.297. The first-order valence-corrected chi connectivity index (χ1v) is 9.73. The standard InChI is InChI=1S/C4H10N2.2C3H8O4S/c1-2-6-4-3-5-1;2*1-3(4)2-8(5,6)7/h5-6H,1-4H2;2*3-4H,2H2,1H3,(H,5,6,7). The van der Waals surface area contributed by atoms with Crippen molar-refractivity contribution in [2.24, 2.45) is 0 Å². The van der Waals surface area contributed by atoms with Crippen LogP contribution in [0.2, 0.25) is 0 Å². The summed E-state index contributed by atoms with van der Waals surface area (Å²) in [6.07, 6.45) is -1.99. The molecule has 0 bridgehead atoms. The molecular formula is C10H26N2O8S2. The molecule has 1 aliphatic heterocycles. The molecule has 0 saturated carbocycles. The molecule has 1 aliphatic rings. The van der Waals surface area contributed by atoms with E-state index >= 15 is 0 Å². The fraction of sp³-hybridized carbons (Fsp3) is 1.00. The molecule has 0 aromatic carbocycles. The van der Waals surface area contributed by atoms with Crippen LogP contribution in [0, 0.1) is 0 Å². The van der Waals surface area contributed by atoms with E-state index in [0.29, 0.717) is 0 Å². The molecule has 0 amide bonds. The zero-order valence-electron chi connectivity index (χ0n) is 12.6. The first kappa shape index (κ1) is 23.9. The molecule has 12 heteroatoms. The summed E-state index contributed by atoms with van der Waals surface area (Å²) < 4.78 is 55.3. The van der Waals surface area contributed by atoms with Crippen molar-refractivity contribution in [1.82, 2.24) is 10.6 Å². The van der Waals surface area contributed by atoms with Crippen molar-refractivity contribution in [3.05, 3.63) is 0 Å². The van der Waals surface area contributed by atoms with E-state index in [-0.39, 0.29) is 0 Å². The number of aliphatic hydroxyl groups is 2. The third-order valence-corrected chi connectivity index (χ3v) is 3.67. The Hall–Kier alpha value is -0.340. The molecule has 1 saturated heterocycles. The molecule has 0 spiro atoms. The Kier molecular flexibility index (Phi) is 13.2. The van der Waals surface area contributed by atoms with E-state index in [2.05, 4.69) is 10.6 Å². The van der Waals surface area contributed by atoms with Crippen LogP contribution >= 0.6 is 0 Å². The number of nitrogens with one attached hydrogen (secondary N) is 2. The molecule has 10 nitrogen and oxygen atoms in total. The predicted octanol–water partition coefficient (Wildman–Crippen LogP) is -2.31. The largest absolute Gasteiger partial charge is 0.392 e. The van der Waals surface area contributed by atoms with Crippen molar-refractivity contribution < 1.29 is 36.2 Å². The first-order chi connectivity index (χ1) is 9.83. The third-order valence-electron chi connectivity index (χ3n) is 1.86. The monoisotopic (exact) mass is 366 g/mol. The van der Waals surface area contributed by atoms with Gasteiger partial charge in [-0.05, 0) is 13.8 Å². The van der Waals surface area contributed by atoms with Gasteiger partial charge in [0.15, 0.2) is 0 Å². The highest BCUT2D eigenvalue weighted by Gasteiger charge is 2.08. The van der Waals surface area contributed by atoms with E-state index in [1.165, 1.54) is 13.8 Å². The maximum Gasteiger partial charge on any atom is 0.267 e. The minimum Gasteiger partial charge on any atom is -0.392 e. The Morgan fingerprint density at radius 2 is 1.00 bits per heavy atom. The summed E-state index contributed by atoms with van der Waals surface area (Å²) in [4.78, 5) is 0. The number of rotatable bonds is 4. The average molecular weight is 366 g/mol. The van der Waals surface area contributed by atoms with E-state index in [4.69, 9.17) is 19.3 Å². The summed E-state index contributed by atoms with van der Waals surface area (Å²) in [6, 6.07) is 0. The van der Waals surface area contributed by atoms with E-state index in [1.807, 2.05) is 0 Å². The van der Waals surface area contributed by atoms with Crippen LogP contribution in [0.5, 0.6) is 0 Å². The molecule has 2 atom stereocenters. The highest BCUT2D eigenvalue weighted by molar-refractivity contribution is 7.86. The summed E-state index contributed by atoms with van der Waals surface area (Å²) >= 11 is 0. The molecule has 136 valence electrons. The lowest BCUT2D eigenvalue weighted by molar-refractivity contribution is 0.214. The lowest BCUT2D eigenvalue weighted by Crippen LogP contribution is -2.39. The summed E-state index contributed by atoms with van der Waals surface area (Å²) in [7, 11) is -7.95. The average Bonchev–Trinajstić information content (AvgIpc) is 2.25. The third kappa shape index (κ3) is 27.9. The molecule has 22 heavy (non-hydrogen) atoms. The summed E-state index contributed by atoms with van der Waals surface area (Å²) in [5.41, 5.74) is 0. The van der Waals surface area contributed by atoms with Gasteiger partial charge in [0.25, 0.3) is 20.2 Å². The second-order valence-corrected chi connectivity index (χ2v) is 7.69. The molecule has 1 fully saturated rings. The smallest absolute Gasteiger partial charge is 0.267 e. The molecule has 0 aromatic heterocycles. The van der Waals surface area contributed by atoms with Crippen molar-refractivity contribution in [2.75, 3.05) is 37.7 Å². The van der Waals surface area contributed by atoms with Crippen LogP contribution in [0.25, 0.3) is 0 Å². The van der Waals surface area contributed by atoms with Gasteiger partial charge in [-0.3, -0.25) is 9.11 Å². The molecule has 1 rings (SSSR count). The number of hydrogen-bond donors (Lipinski definition) is 6. The highest BCUT2D eigenvalue weighted by Crippen LogP contribution is 1.87. The number of piperazine rings is 1. The van der Waals surface area contributed by atoms with Gasteiger partial charge >= 0.3 is 0 Å². The van der Waals surface area contributed by atoms with Crippen LogP contribution in [0.15, 0.2) is 0 Å². The van der Waals surface area contributed by atoms with Crippen LogP contribution in [0.1, 0.15) is 13.8 Å². The number of aliphatic hydroxyl groups excluding tert-OH is 2. The molecular weight excluding hydrogens is 340 g/mol. The van der Waals surface area contributed by atoms with Crippen LogP contribution < -0.4 is 10.6 Å². The van der Waals surface area contributed by atoms with Crippen LogP contribution in [-0.4, -0.2) is 86.0 Å². The van der Waals surface area contributed by atoms with E-state index in [0.717, 1.165) is 26.2 Å². The minimum atomic E-state index is -3.97. The van der Waals surface area contributed by atoms with Gasteiger partial charge in [-0.1, -0.05) is 0 Å². The molecule has 0 aliphatic carbocycles. The highest BCUT2D eigenvalue weighted by atomic mass is 32.2. The van der Waals surface area contributed by atoms with Crippen molar-refractivity contribution in [3.8, 4) is 0 Å². The van der Waals surface area contributed by atoms with Gasteiger partial charge in [0.2, 0.25) is 0 Å². The van der Waals surface area contributed by atoms with Crippen molar-refractivity contribution >= 4 is 20.2 Å². The Labute approximate surface area is 131 Å². The minimum absolute atomic E-state index is 0.590. The van der Waals surface area contributed by atoms with Crippen molar-refractivity contribution in [3.63, 3.8) is 0 Å². The number of hydrogen-bond acceptors (Lipinski definition) is 8. The Balaban J connectivity index is 0. The van der Waals surface area contributed by atoms with Gasteiger partial charge in [-0.25, -0.2) is 0 Å². The van der Waals surface area contributed by atoms with Gasteiger partial charge in [0.1, 0.15) is 11.5 Å². The molecule has 6 N–H and O–H groups in total. The summed E-state index contributed by atoms with van der Waals surface area (Å²) in [5.74, 6) is -1.18. The topological polar surface area (TPSA) is 173 Å². The Morgan fingerprint density at radius 1 is 0.773 bits per heavy atom. The molecule has 2 unspecified atom stereocenters. The second kappa shape index (κ2) is 12.1. The van der Waals surface area contributed by atoms with Crippen molar-refractivity contribution in [1.29, 1.82) is 0 Å². The predicted molar refractivity (Wildman–Crippen MR) is 81.9 cm³/mol. The lowest BCUT2D eigenvalue weighted by Gasteiger charge is -2.11. The SMILES string of the molecule is C1CNCCN1.CC(O)CS(=O)(=O)O.CC(O)CS(=O)(=O)O. The Morgan fingerprint density at radius 3 is 1.05 bits per heavy atom. The summed E-state index contributed by atoms with van der Waals surface area (Å²) in [6.45, 7) is 7.13. The van der Waals surface area contributed by atoms with Crippen LogP contribution in [-0.2, 0) is 20.2 Å². The zero-order valence-corrected chi connectivity index (χ0v) is 14.3. The fourth-order valence-corrected chi connectivity index (χ4v) is 2.43. The maximum atomic E-state index is 9.84. The molecule has 0 aromatic rings. The van der Waals surface area contributed by atoms with Crippen molar-refractivity contribution in [2.45, 2.75) is 26.1 Å². The fourth-order valence-electron chi connectivity index (χ4n) is 1.21. The maximum absolute atomic E-state index is 9.84. The lowest BCUT2D eigenvalue weighted by atomic mass is 10.4. The Bertz CT molecular complexity index is 408. The van der Waals surface area contributed by atoms with E-state index < -0.39 is 43.9 Å². The van der Waals surface area contributed by atoms with Crippen LogP contribution in [0.4, 0.5) is 0 Å².